The molecule has 1 aromatic heterocycles. The predicted octanol–water partition coefficient (Wildman–Crippen LogP) is 4.71. The molecule has 1 heterocycles. The van der Waals surface area contributed by atoms with E-state index in [-0.39, 0.29) is 11.3 Å². The van der Waals surface area contributed by atoms with Gasteiger partial charge >= 0.3 is 0 Å². The third-order valence-electron chi connectivity index (χ3n) is 6.02. The Balaban J connectivity index is 1.64. The lowest BCUT2D eigenvalue weighted by Gasteiger charge is -2.20. The Hall–Kier alpha value is -3.62. The summed E-state index contributed by atoms with van der Waals surface area (Å²) >= 11 is 0. The average Bonchev–Trinajstić information content (AvgIpc) is 3.25. The molecule has 0 spiro atoms. The van der Waals surface area contributed by atoms with E-state index in [0.717, 1.165) is 27.6 Å². The summed E-state index contributed by atoms with van der Waals surface area (Å²) in [6, 6.07) is 18.4. The number of carbonyl (C=O) groups is 1. The molecule has 0 saturated heterocycles. The number of nitrogens with one attached hydrogen (secondary N) is 3. The van der Waals surface area contributed by atoms with Crippen molar-refractivity contribution in [2.75, 3.05) is 11.9 Å². The van der Waals surface area contributed by atoms with Crippen LogP contribution in [-0.2, 0) is 21.2 Å². The monoisotopic (exact) mass is 491 g/mol. The first-order chi connectivity index (χ1) is 16.8. The second-order valence-electron chi connectivity index (χ2n) is 8.38. The van der Waals surface area contributed by atoms with Crippen molar-refractivity contribution in [3.8, 4) is 5.75 Å². The number of para-hydroxylation sites is 1. The summed E-state index contributed by atoms with van der Waals surface area (Å²) in [5.41, 5.74) is 4.38. The van der Waals surface area contributed by atoms with E-state index in [1.54, 1.807) is 12.1 Å². The van der Waals surface area contributed by atoms with Crippen molar-refractivity contribution in [2.45, 2.75) is 38.1 Å². The van der Waals surface area contributed by atoms with E-state index in [4.69, 9.17) is 4.74 Å². The van der Waals surface area contributed by atoms with E-state index >= 15 is 0 Å². The van der Waals surface area contributed by atoms with Crippen molar-refractivity contribution < 1.29 is 17.9 Å². The molecule has 4 aromatic rings. The second kappa shape index (κ2) is 10.3. The number of anilines is 1. The minimum Gasteiger partial charge on any atom is -0.494 e. The smallest absolute Gasteiger partial charge is 0.242 e. The zero-order valence-electron chi connectivity index (χ0n) is 20.0. The summed E-state index contributed by atoms with van der Waals surface area (Å²) in [6.45, 7) is 6.22. The number of fused-ring (bicyclic) bond motifs is 1. The fraction of sp³-hybridized carbons (Fsp3) is 0.222. The Labute approximate surface area is 205 Å². The fourth-order valence-electron chi connectivity index (χ4n) is 3.95. The predicted molar refractivity (Wildman–Crippen MR) is 138 cm³/mol. The Bertz CT molecular complexity index is 1440. The summed E-state index contributed by atoms with van der Waals surface area (Å²) < 4.78 is 34.5. The lowest BCUT2D eigenvalue weighted by Crippen LogP contribution is -2.45. The van der Waals surface area contributed by atoms with E-state index < -0.39 is 22.0 Å². The molecule has 0 aliphatic carbocycles. The number of aryl methyl sites for hydroxylation is 1. The highest BCUT2D eigenvalue weighted by molar-refractivity contribution is 7.89. The number of sulfonamides is 1. The standard InChI is InChI=1S/C27H29N3O4S/c1-4-34-21-12-14-22(15-13-21)35(32,33)30-26(16-20-17-28-25-10-6-5-9-23(20)25)27(31)29-24-11-7-8-18(2)19(24)3/h5-15,17,26,28,30H,4,16H2,1-3H3,(H,29,31)/t26-/m1/s1. The Morgan fingerprint density at radius 2 is 1.74 bits per heavy atom. The van der Waals surface area contributed by atoms with Crippen LogP contribution in [0.1, 0.15) is 23.6 Å². The molecule has 1 atom stereocenters. The van der Waals surface area contributed by atoms with Gasteiger partial charge in [-0.25, -0.2) is 8.42 Å². The summed E-state index contributed by atoms with van der Waals surface area (Å²) in [4.78, 5) is 16.7. The molecule has 182 valence electrons. The zero-order valence-corrected chi connectivity index (χ0v) is 20.8. The lowest BCUT2D eigenvalue weighted by molar-refractivity contribution is -0.117. The van der Waals surface area contributed by atoms with E-state index in [0.29, 0.717) is 18.0 Å². The molecule has 3 aromatic carbocycles. The van der Waals surface area contributed by atoms with Gasteiger partial charge in [0, 0.05) is 22.8 Å². The van der Waals surface area contributed by atoms with Crippen LogP contribution in [0.4, 0.5) is 5.69 Å². The van der Waals surface area contributed by atoms with E-state index in [1.807, 2.05) is 69.4 Å². The Morgan fingerprint density at radius 3 is 2.49 bits per heavy atom. The number of hydrogen-bond acceptors (Lipinski definition) is 4. The molecule has 35 heavy (non-hydrogen) atoms. The van der Waals surface area contributed by atoms with Gasteiger partial charge in [-0.05, 0) is 80.3 Å². The minimum absolute atomic E-state index is 0.0596. The van der Waals surface area contributed by atoms with Gasteiger partial charge in [-0.1, -0.05) is 30.3 Å². The molecule has 0 saturated carbocycles. The van der Waals surface area contributed by atoms with Gasteiger partial charge in [0.15, 0.2) is 0 Å². The summed E-state index contributed by atoms with van der Waals surface area (Å²) in [5.74, 6) is 0.146. The van der Waals surface area contributed by atoms with Crippen LogP contribution < -0.4 is 14.8 Å². The molecule has 8 heteroatoms. The van der Waals surface area contributed by atoms with Gasteiger partial charge in [0.2, 0.25) is 15.9 Å². The largest absolute Gasteiger partial charge is 0.494 e. The summed E-state index contributed by atoms with van der Waals surface area (Å²) in [6.07, 6.45) is 1.99. The van der Waals surface area contributed by atoms with E-state index in [2.05, 4.69) is 15.0 Å². The second-order valence-corrected chi connectivity index (χ2v) is 10.1. The van der Waals surface area contributed by atoms with Gasteiger partial charge in [-0.15, -0.1) is 0 Å². The van der Waals surface area contributed by atoms with Crippen LogP contribution in [-0.4, -0.2) is 32.0 Å². The number of amides is 1. The van der Waals surface area contributed by atoms with Crippen LogP contribution in [0.3, 0.4) is 0 Å². The van der Waals surface area contributed by atoms with Crippen LogP contribution in [0.15, 0.2) is 77.8 Å². The molecule has 4 rings (SSSR count). The van der Waals surface area contributed by atoms with Crippen molar-refractivity contribution in [2.24, 2.45) is 0 Å². The highest BCUT2D eigenvalue weighted by atomic mass is 32.2. The number of aromatic amines is 1. The fourth-order valence-corrected chi connectivity index (χ4v) is 5.15. The number of aromatic nitrogens is 1. The molecular weight excluding hydrogens is 462 g/mol. The minimum atomic E-state index is -3.98. The van der Waals surface area contributed by atoms with Crippen molar-refractivity contribution in [1.29, 1.82) is 0 Å². The number of rotatable bonds is 9. The van der Waals surface area contributed by atoms with Crippen LogP contribution >= 0.6 is 0 Å². The molecule has 0 bridgehead atoms. The maximum absolute atomic E-state index is 13.4. The van der Waals surface area contributed by atoms with Gasteiger partial charge < -0.3 is 15.0 Å². The first kappa shape index (κ1) is 24.5. The normalized spacial score (nSPS) is 12.4. The topological polar surface area (TPSA) is 100 Å². The lowest BCUT2D eigenvalue weighted by atomic mass is 10.0. The van der Waals surface area contributed by atoms with Crippen molar-refractivity contribution in [1.82, 2.24) is 9.71 Å². The number of benzene rings is 3. The van der Waals surface area contributed by atoms with Crippen molar-refractivity contribution in [3.63, 3.8) is 0 Å². The van der Waals surface area contributed by atoms with Gasteiger partial charge in [0.25, 0.3) is 0 Å². The number of hydrogen-bond donors (Lipinski definition) is 3. The quantitative estimate of drug-likeness (QED) is 0.316. The van der Waals surface area contributed by atoms with Gasteiger partial charge in [0.1, 0.15) is 11.8 Å². The maximum Gasteiger partial charge on any atom is 0.242 e. The Kier molecular flexibility index (Phi) is 7.23. The number of carbonyl (C=O) groups excluding carboxylic acids is 1. The molecule has 0 radical (unpaired) electrons. The average molecular weight is 492 g/mol. The highest BCUT2D eigenvalue weighted by Gasteiger charge is 2.27. The molecular formula is C27H29N3O4S. The first-order valence-corrected chi connectivity index (χ1v) is 12.9. The summed E-state index contributed by atoms with van der Waals surface area (Å²) in [7, 11) is -3.98. The van der Waals surface area contributed by atoms with Crippen LogP contribution in [0.2, 0.25) is 0 Å². The Morgan fingerprint density at radius 1 is 1.00 bits per heavy atom. The number of ether oxygens (including phenoxy) is 1. The molecule has 1 amide bonds. The van der Waals surface area contributed by atoms with Crippen molar-refractivity contribution in [3.05, 3.63) is 89.6 Å². The summed E-state index contributed by atoms with van der Waals surface area (Å²) in [5, 5.41) is 3.86. The molecule has 0 aliphatic rings. The van der Waals surface area contributed by atoms with Crippen LogP contribution in [0.5, 0.6) is 5.75 Å². The molecule has 0 aliphatic heterocycles. The molecule has 7 nitrogen and oxygen atoms in total. The maximum atomic E-state index is 13.4. The number of H-pyrrole nitrogens is 1. The molecule has 0 fully saturated rings. The third kappa shape index (κ3) is 5.55. The van der Waals surface area contributed by atoms with Crippen LogP contribution in [0, 0.1) is 13.8 Å². The van der Waals surface area contributed by atoms with E-state index in [9.17, 15) is 13.2 Å². The zero-order chi connectivity index (χ0) is 25.0. The van der Waals surface area contributed by atoms with Crippen molar-refractivity contribution >= 4 is 32.5 Å². The highest BCUT2D eigenvalue weighted by Crippen LogP contribution is 2.23. The molecule has 3 N–H and O–H groups in total. The first-order valence-electron chi connectivity index (χ1n) is 11.5. The SMILES string of the molecule is CCOc1ccc(S(=O)(=O)N[C@H](Cc2c[nH]c3ccccc23)C(=O)Nc2cccc(C)c2C)cc1. The third-order valence-corrected chi connectivity index (χ3v) is 7.51. The van der Waals surface area contributed by atoms with Gasteiger partial charge in [-0.2, -0.15) is 4.72 Å². The van der Waals surface area contributed by atoms with Crippen LogP contribution in [0.25, 0.3) is 10.9 Å². The van der Waals surface area contributed by atoms with Gasteiger partial charge in [-0.3, -0.25) is 4.79 Å². The van der Waals surface area contributed by atoms with Gasteiger partial charge in [0.05, 0.1) is 11.5 Å². The molecule has 0 unspecified atom stereocenters. The van der Waals surface area contributed by atoms with E-state index in [1.165, 1.54) is 12.1 Å².